The van der Waals surface area contributed by atoms with Crippen molar-refractivity contribution >= 4 is 23.9 Å². The highest BCUT2D eigenvalue weighted by molar-refractivity contribution is 5.92. The van der Waals surface area contributed by atoms with E-state index in [1.165, 1.54) is 16.7 Å². The predicted molar refractivity (Wildman–Crippen MR) is 91.0 cm³/mol. The molecule has 0 aromatic rings. The van der Waals surface area contributed by atoms with Crippen LogP contribution in [0.15, 0.2) is 11.8 Å². The topological polar surface area (TPSA) is 116 Å². The largest absolute Gasteiger partial charge is 0.480 e. The standard InChI is InChI=1S/C17H25N3O6/c1-10(21)19-8-7-11-5-6-13(15(23)24)20(11)14(22)12(9-19)18-16(25)26-17(2,3)4/h7,12-13H,5-6,8-9H2,1-4H3,(H,18,25)(H,23,24)/b11-7-/t12-,13-/m0/s1. The van der Waals surface area contributed by atoms with Crippen LogP contribution in [0.4, 0.5) is 4.79 Å². The van der Waals surface area contributed by atoms with Crippen molar-refractivity contribution in [2.24, 2.45) is 0 Å². The molecule has 9 heteroatoms. The van der Waals surface area contributed by atoms with Crippen molar-refractivity contribution in [2.75, 3.05) is 13.1 Å². The van der Waals surface area contributed by atoms with Crippen LogP contribution in [0, 0.1) is 0 Å². The second-order valence-electron chi connectivity index (χ2n) is 7.42. The number of carbonyl (C=O) groups excluding carboxylic acids is 3. The van der Waals surface area contributed by atoms with Crippen molar-refractivity contribution in [1.29, 1.82) is 0 Å². The fourth-order valence-electron chi connectivity index (χ4n) is 3.03. The summed E-state index contributed by atoms with van der Waals surface area (Å²) in [6, 6.07) is -2.06. The van der Waals surface area contributed by atoms with E-state index >= 15 is 0 Å². The summed E-state index contributed by atoms with van der Waals surface area (Å²) in [5.41, 5.74) is -0.193. The molecule has 0 aliphatic carbocycles. The first-order chi connectivity index (χ1) is 12.0. The molecule has 0 aromatic carbocycles. The summed E-state index contributed by atoms with van der Waals surface area (Å²) >= 11 is 0. The van der Waals surface area contributed by atoms with Gasteiger partial charge in [0.15, 0.2) is 0 Å². The zero-order valence-corrected chi connectivity index (χ0v) is 15.4. The number of amides is 3. The fraction of sp³-hybridized carbons (Fsp3) is 0.647. The number of aliphatic carboxylic acids is 1. The molecule has 26 heavy (non-hydrogen) atoms. The molecule has 0 aromatic heterocycles. The summed E-state index contributed by atoms with van der Waals surface area (Å²) in [5, 5.41) is 11.9. The van der Waals surface area contributed by atoms with Crippen LogP contribution in [-0.2, 0) is 19.1 Å². The molecule has 3 amide bonds. The van der Waals surface area contributed by atoms with Crippen LogP contribution in [0.3, 0.4) is 0 Å². The van der Waals surface area contributed by atoms with Crippen LogP contribution in [-0.4, -0.2) is 69.6 Å². The van der Waals surface area contributed by atoms with E-state index in [-0.39, 0.29) is 19.0 Å². The molecule has 0 bridgehead atoms. The molecule has 2 atom stereocenters. The summed E-state index contributed by atoms with van der Waals surface area (Å²) in [4.78, 5) is 51.1. The van der Waals surface area contributed by atoms with E-state index in [0.717, 1.165) is 0 Å². The van der Waals surface area contributed by atoms with Crippen molar-refractivity contribution in [3.63, 3.8) is 0 Å². The van der Waals surface area contributed by atoms with E-state index in [2.05, 4.69) is 5.32 Å². The Morgan fingerprint density at radius 3 is 2.50 bits per heavy atom. The molecule has 2 aliphatic rings. The lowest BCUT2D eigenvalue weighted by atomic mass is 10.1. The van der Waals surface area contributed by atoms with Crippen LogP contribution in [0.25, 0.3) is 0 Å². The second-order valence-corrected chi connectivity index (χ2v) is 7.42. The minimum absolute atomic E-state index is 0.0555. The Morgan fingerprint density at radius 2 is 1.96 bits per heavy atom. The first-order valence-electron chi connectivity index (χ1n) is 8.49. The third-order valence-corrected chi connectivity index (χ3v) is 4.20. The number of nitrogens with zero attached hydrogens (tertiary/aromatic N) is 2. The Morgan fingerprint density at radius 1 is 1.31 bits per heavy atom. The average Bonchev–Trinajstić information content (AvgIpc) is 2.89. The molecule has 2 heterocycles. The second kappa shape index (κ2) is 7.35. The minimum Gasteiger partial charge on any atom is -0.480 e. The lowest BCUT2D eigenvalue weighted by molar-refractivity contribution is -0.148. The monoisotopic (exact) mass is 367 g/mol. The van der Waals surface area contributed by atoms with Gasteiger partial charge in [-0.15, -0.1) is 0 Å². The summed E-state index contributed by atoms with van der Waals surface area (Å²) in [5.74, 6) is -1.90. The Labute approximate surface area is 152 Å². The van der Waals surface area contributed by atoms with Crippen molar-refractivity contribution in [1.82, 2.24) is 15.1 Å². The van der Waals surface area contributed by atoms with Gasteiger partial charge < -0.3 is 25.0 Å². The number of fused-ring (bicyclic) bond motifs is 1. The highest BCUT2D eigenvalue weighted by Gasteiger charge is 2.42. The number of carboxylic acid groups (broad SMARTS) is 1. The Bertz CT molecular complexity index is 651. The van der Waals surface area contributed by atoms with Gasteiger partial charge >= 0.3 is 12.1 Å². The van der Waals surface area contributed by atoms with Gasteiger partial charge in [0.2, 0.25) is 5.91 Å². The first kappa shape index (κ1) is 19.7. The molecule has 0 spiro atoms. The predicted octanol–water partition coefficient (Wildman–Crippen LogP) is 0.701. The van der Waals surface area contributed by atoms with Gasteiger partial charge in [0.25, 0.3) is 5.91 Å². The van der Waals surface area contributed by atoms with E-state index < -0.39 is 35.7 Å². The van der Waals surface area contributed by atoms with Crippen molar-refractivity contribution in [3.05, 3.63) is 11.8 Å². The Balaban J connectivity index is 2.30. The quantitative estimate of drug-likeness (QED) is 0.742. The van der Waals surface area contributed by atoms with Gasteiger partial charge in [0.05, 0.1) is 6.54 Å². The fourth-order valence-corrected chi connectivity index (χ4v) is 3.03. The third kappa shape index (κ3) is 4.53. The third-order valence-electron chi connectivity index (χ3n) is 4.20. The maximum absolute atomic E-state index is 13.0. The number of rotatable bonds is 2. The molecule has 1 fully saturated rings. The highest BCUT2D eigenvalue weighted by atomic mass is 16.6. The zero-order valence-electron chi connectivity index (χ0n) is 15.4. The van der Waals surface area contributed by atoms with E-state index in [4.69, 9.17) is 4.74 Å². The van der Waals surface area contributed by atoms with Gasteiger partial charge in [-0.1, -0.05) is 0 Å². The normalized spacial score (nSPS) is 25.5. The number of nitrogens with one attached hydrogen (secondary N) is 1. The molecule has 0 saturated carbocycles. The van der Waals surface area contributed by atoms with Crippen molar-refractivity contribution in [2.45, 2.75) is 58.2 Å². The van der Waals surface area contributed by atoms with Crippen LogP contribution in [0.1, 0.15) is 40.5 Å². The van der Waals surface area contributed by atoms with E-state index in [9.17, 15) is 24.3 Å². The van der Waals surface area contributed by atoms with Gasteiger partial charge in [-0.25, -0.2) is 9.59 Å². The molecule has 2 N–H and O–H groups in total. The Kier molecular flexibility index (Phi) is 5.58. The molecular weight excluding hydrogens is 342 g/mol. The number of carboxylic acids is 1. The van der Waals surface area contributed by atoms with E-state index in [1.54, 1.807) is 26.8 Å². The molecule has 9 nitrogen and oxygen atoms in total. The number of alkyl carbamates (subject to hydrolysis) is 1. The maximum Gasteiger partial charge on any atom is 0.408 e. The van der Waals surface area contributed by atoms with Gasteiger partial charge in [-0.2, -0.15) is 0 Å². The van der Waals surface area contributed by atoms with Crippen LogP contribution in [0.2, 0.25) is 0 Å². The number of ether oxygens (including phenoxy) is 1. The molecular formula is C17H25N3O6. The van der Waals surface area contributed by atoms with Crippen molar-refractivity contribution < 1.29 is 29.0 Å². The molecule has 2 aliphatic heterocycles. The number of hydrogen-bond acceptors (Lipinski definition) is 5. The average molecular weight is 367 g/mol. The SMILES string of the molecule is CC(=O)N1C/C=C2/CC[C@@H](C(=O)O)N2C(=O)[C@@H](NC(=O)OC(C)(C)C)C1. The highest BCUT2D eigenvalue weighted by Crippen LogP contribution is 2.29. The zero-order chi connectivity index (χ0) is 19.6. The van der Waals surface area contributed by atoms with Gasteiger partial charge in [-0.3, -0.25) is 9.59 Å². The summed E-state index contributed by atoms with van der Waals surface area (Å²) in [6.07, 6.45) is 1.63. The first-order valence-corrected chi connectivity index (χ1v) is 8.49. The van der Waals surface area contributed by atoms with Crippen LogP contribution >= 0.6 is 0 Å². The van der Waals surface area contributed by atoms with Crippen molar-refractivity contribution in [3.8, 4) is 0 Å². The summed E-state index contributed by atoms with van der Waals surface area (Å²) in [7, 11) is 0. The number of allylic oxidation sites excluding steroid dienone is 1. The molecule has 2 rings (SSSR count). The van der Waals surface area contributed by atoms with E-state index in [1.807, 2.05) is 0 Å². The van der Waals surface area contributed by atoms with Gasteiger partial charge in [0, 0.05) is 19.2 Å². The summed E-state index contributed by atoms with van der Waals surface area (Å²) < 4.78 is 5.19. The number of carbonyl (C=O) groups is 4. The smallest absolute Gasteiger partial charge is 0.408 e. The molecule has 0 radical (unpaired) electrons. The van der Waals surface area contributed by atoms with Gasteiger partial charge in [-0.05, 0) is 39.7 Å². The Hall–Kier alpha value is -2.58. The molecule has 1 saturated heterocycles. The molecule has 0 unspecified atom stereocenters. The lowest BCUT2D eigenvalue weighted by Gasteiger charge is -2.34. The lowest BCUT2D eigenvalue weighted by Crippen LogP contribution is -2.57. The van der Waals surface area contributed by atoms with Gasteiger partial charge in [0.1, 0.15) is 17.7 Å². The molecule has 144 valence electrons. The van der Waals surface area contributed by atoms with Crippen LogP contribution < -0.4 is 5.32 Å². The minimum atomic E-state index is -1.10. The summed E-state index contributed by atoms with van der Waals surface area (Å²) in [6.45, 7) is 6.64. The maximum atomic E-state index is 13.0. The van der Waals surface area contributed by atoms with Crippen LogP contribution in [0.5, 0.6) is 0 Å². The number of hydrogen-bond donors (Lipinski definition) is 2. The van der Waals surface area contributed by atoms with E-state index in [0.29, 0.717) is 18.5 Å².